The Morgan fingerprint density at radius 3 is 2.39 bits per heavy atom. The molecule has 1 saturated carbocycles. The van der Waals surface area contributed by atoms with Crippen molar-refractivity contribution in [1.29, 1.82) is 0 Å². The smallest absolute Gasteiger partial charge is 0.320 e. The zero-order valence-corrected chi connectivity index (χ0v) is 14.7. The van der Waals surface area contributed by atoms with E-state index in [0.29, 0.717) is 12.6 Å². The highest BCUT2D eigenvalue weighted by molar-refractivity contribution is 5.73. The molecule has 1 aliphatic carbocycles. The monoisotopic (exact) mass is 319 g/mol. The molecule has 4 heteroatoms. The van der Waals surface area contributed by atoms with Crippen molar-refractivity contribution in [3.63, 3.8) is 0 Å². The first-order valence-corrected chi connectivity index (χ1v) is 8.51. The zero-order chi connectivity index (χ0) is 17.0. The van der Waals surface area contributed by atoms with Gasteiger partial charge in [-0.15, -0.1) is 0 Å². The van der Waals surface area contributed by atoms with Crippen LogP contribution in [0.25, 0.3) is 0 Å². The summed E-state index contributed by atoms with van der Waals surface area (Å²) in [5.74, 6) is 0.137. The molecule has 1 atom stereocenters. The van der Waals surface area contributed by atoms with Crippen LogP contribution in [0.4, 0.5) is 0 Å². The first-order chi connectivity index (χ1) is 10.8. The normalized spacial score (nSPS) is 16.4. The van der Waals surface area contributed by atoms with Crippen LogP contribution in [0.3, 0.4) is 0 Å². The summed E-state index contributed by atoms with van der Waals surface area (Å²) in [6.07, 6.45) is 3.08. The average Bonchev–Trinajstić information content (AvgIpc) is 3.30. The van der Waals surface area contributed by atoms with E-state index in [1.54, 1.807) is 6.92 Å². The van der Waals surface area contributed by atoms with Gasteiger partial charge < -0.3 is 9.84 Å². The minimum absolute atomic E-state index is 0.149. The molecule has 1 fully saturated rings. The number of nitrogens with zero attached hydrogens (tertiary/aromatic N) is 1. The maximum absolute atomic E-state index is 11.2. The van der Waals surface area contributed by atoms with Gasteiger partial charge in [-0.05, 0) is 49.3 Å². The van der Waals surface area contributed by atoms with Gasteiger partial charge in [0, 0.05) is 12.6 Å². The zero-order valence-electron chi connectivity index (χ0n) is 14.7. The predicted octanol–water partition coefficient (Wildman–Crippen LogP) is 3.69. The first kappa shape index (κ1) is 17.8. The number of hydrogen-bond donors (Lipinski definition) is 1. The molecule has 1 aliphatic rings. The van der Waals surface area contributed by atoms with Gasteiger partial charge in [0.1, 0.15) is 11.8 Å². The van der Waals surface area contributed by atoms with Crippen LogP contribution in [-0.4, -0.2) is 41.2 Å². The van der Waals surface area contributed by atoms with Crippen LogP contribution in [0.15, 0.2) is 24.3 Å². The van der Waals surface area contributed by atoms with Gasteiger partial charge in [-0.3, -0.25) is 9.69 Å². The highest BCUT2D eigenvalue weighted by Crippen LogP contribution is 2.29. The third-order valence-electron chi connectivity index (χ3n) is 4.42. The van der Waals surface area contributed by atoms with Crippen LogP contribution in [0.5, 0.6) is 5.75 Å². The van der Waals surface area contributed by atoms with Crippen molar-refractivity contribution in [2.45, 2.75) is 64.5 Å². The van der Waals surface area contributed by atoms with Gasteiger partial charge in [-0.1, -0.05) is 32.9 Å². The lowest BCUT2D eigenvalue weighted by Gasteiger charge is -2.26. The Morgan fingerprint density at radius 2 is 1.91 bits per heavy atom. The van der Waals surface area contributed by atoms with E-state index < -0.39 is 12.0 Å². The van der Waals surface area contributed by atoms with Crippen LogP contribution in [-0.2, 0) is 10.2 Å². The fourth-order valence-electron chi connectivity index (χ4n) is 2.73. The molecule has 1 aromatic rings. The number of aliphatic carboxylic acids is 1. The lowest BCUT2D eigenvalue weighted by Crippen LogP contribution is -2.41. The molecule has 1 aromatic carbocycles. The van der Waals surface area contributed by atoms with E-state index in [0.717, 1.165) is 31.6 Å². The van der Waals surface area contributed by atoms with Crippen LogP contribution >= 0.6 is 0 Å². The van der Waals surface area contributed by atoms with Crippen LogP contribution in [0.2, 0.25) is 0 Å². The van der Waals surface area contributed by atoms with E-state index in [1.165, 1.54) is 5.56 Å². The number of rotatable bonds is 8. The lowest BCUT2D eigenvalue weighted by atomic mass is 9.87. The molecule has 4 nitrogen and oxygen atoms in total. The van der Waals surface area contributed by atoms with Crippen molar-refractivity contribution in [2.75, 3.05) is 13.2 Å². The van der Waals surface area contributed by atoms with Crippen LogP contribution < -0.4 is 4.74 Å². The van der Waals surface area contributed by atoms with Crippen molar-refractivity contribution in [2.24, 2.45) is 0 Å². The summed E-state index contributed by atoms with van der Waals surface area (Å²) in [7, 11) is 0. The molecule has 2 rings (SSSR count). The summed E-state index contributed by atoms with van der Waals surface area (Å²) in [4.78, 5) is 13.3. The number of ether oxygens (including phenoxy) is 1. The highest BCUT2D eigenvalue weighted by Gasteiger charge is 2.34. The van der Waals surface area contributed by atoms with Gasteiger partial charge in [0.05, 0.1) is 6.61 Å². The molecule has 0 bridgehead atoms. The van der Waals surface area contributed by atoms with Gasteiger partial charge in [-0.2, -0.15) is 0 Å². The summed E-state index contributed by atoms with van der Waals surface area (Å²) in [5.41, 5.74) is 1.44. The molecule has 0 spiro atoms. The summed E-state index contributed by atoms with van der Waals surface area (Å²) in [6.45, 7) is 9.74. The molecule has 0 aromatic heterocycles. The summed E-state index contributed by atoms with van der Waals surface area (Å²) >= 11 is 0. The van der Waals surface area contributed by atoms with Crippen LogP contribution in [0, 0.1) is 0 Å². The van der Waals surface area contributed by atoms with E-state index in [-0.39, 0.29) is 5.41 Å². The maximum Gasteiger partial charge on any atom is 0.320 e. The molecule has 0 amide bonds. The van der Waals surface area contributed by atoms with E-state index >= 15 is 0 Å². The molecule has 0 heterocycles. The quantitative estimate of drug-likeness (QED) is 0.742. The second-order valence-corrected chi connectivity index (χ2v) is 7.46. The second kappa shape index (κ2) is 7.35. The molecule has 0 radical (unpaired) electrons. The van der Waals surface area contributed by atoms with Crippen molar-refractivity contribution in [1.82, 2.24) is 4.90 Å². The Bertz CT molecular complexity index is 514. The Kier molecular flexibility index (Phi) is 5.69. The van der Waals surface area contributed by atoms with Crippen LogP contribution in [0.1, 0.15) is 52.5 Å². The summed E-state index contributed by atoms with van der Waals surface area (Å²) in [5, 5.41) is 9.18. The Morgan fingerprint density at radius 1 is 1.30 bits per heavy atom. The Hall–Kier alpha value is -1.55. The largest absolute Gasteiger partial charge is 0.494 e. The fraction of sp³-hybridized carbons (Fsp3) is 0.632. The fourth-order valence-corrected chi connectivity index (χ4v) is 2.73. The van der Waals surface area contributed by atoms with Gasteiger partial charge in [-0.25, -0.2) is 0 Å². The molecule has 1 N–H and O–H groups in total. The van der Waals surface area contributed by atoms with E-state index in [2.05, 4.69) is 37.8 Å². The van der Waals surface area contributed by atoms with E-state index in [9.17, 15) is 9.90 Å². The standard InChI is InChI=1S/C19H29NO3/c1-14(18(21)22)20(16-8-9-16)12-5-13-23-17-10-6-15(7-11-17)19(2,3)4/h6-7,10-11,14,16H,5,8-9,12-13H2,1-4H3,(H,21,22). The summed E-state index contributed by atoms with van der Waals surface area (Å²) < 4.78 is 5.79. The van der Waals surface area contributed by atoms with Gasteiger partial charge in [0.15, 0.2) is 0 Å². The van der Waals surface area contributed by atoms with Crippen molar-refractivity contribution < 1.29 is 14.6 Å². The SMILES string of the molecule is CC(C(=O)O)N(CCCOc1ccc(C(C)(C)C)cc1)C1CC1. The first-order valence-electron chi connectivity index (χ1n) is 8.51. The third-order valence-corrected chi connectivity index (χ3v) is 4.42. The van der Waals surface area contributed by atoms with Crippen molar-refractivity contribution in [3.05, 3.63) is 29.8 Å². The molecule has 1 unspecified atom stereocenters. The third kappa shape index (κ3) is 5.24. The molecule has 0 saturated heterocycles. The van der Waals surface area contributed by atoms with E-state index in [4.69, 9.17) is 4.74 Å². The minimum Gasteiger partial charge on any atom is -0.494 e. The number of hydrogen-bond acceptors (Lipinski definition) is 3. The highest BCUT2D eigenvalue weighted by atomic mass is 16.5. The lowest BCUT2D eigenvalue weighted by molar-refractivity contribution is -0.142. The van der Waals surface area contributed by atoms with Gasteiger partial charge >= 0.3 is 5.97 Å². The molecule has 23 heavy (non-hydrogen) atoms. The second-order valence-electron chi connectivity index (χ2n) is 7.46. The number of carboxylic acids is 1. The maximum atomic E-state index is 11.2. The Labute approximate surface area is 139 Å². The number of carboxylic acid groups (broad SMARTS) is 1. The van der Waals surface area contributed by atoms with Crippen molar-refractivity contribution >= 4 is 5.97 Å². The average molecular weight is 319 g/mol. The number of benzene rings is 1. The number of carbonyl (C=O) groups is 1. The molecule has 128 valence electrons. The molecular formula is C19H29NO3. The van der Waals surface area contributed by atoms with Crippen molar-refractivity contribution in [3.8, 4) is 5.75 Å². The van der Waals surface area contributed by atoms with Gasteiger partial charge in [0.2, 0.25) is 0 Å². The predicted molar refractivity (Wildman–Crippen MR) is 92.1 cm³/mol. The minimum atomic E-state index is -0.740. The van der Waals surface area contributed by atoms with E-state index in [1.807, 2.05) is 12.1 Å². The Balaban J connectivity index is 1.77. The molecular weight excluding hydrogens is 290 g/mol. The summed E-state index contributed by atoms with van der Waals surface area (Å²) in [6, 6.07) is 8.29. The van der Waals surface area contributed by atoms with Gasteiger partial charge in [0.25, 0.3) is 0 Å². The topological polar surface area (TPSA) is 49.8 Å². The molecule has 0 aliphatic heterocycles.